The molecule has 42 nitrogen and oxygen atoms in total. The monoisotopic (exact) mass is 1710 g/mol. The van der Waals surface area contributed by atoms with E-state index in [1.54, 1.807) is 6.92 Å². The lowest BCUT2D eigenvalue weighted by atomic mass is 9.35. The van der Waals surface area contributed by atoms with Crippen LogP contribution in [-0.2, 0) is 99.7 Å². The van der Waals surface area contributed by atoms with E-state index in [1.165, 1.54) is 13.8 Å². The molecule has 678 valence electrons. The summed E-state index contributed by atoms with van der Waals surface area (Å²) in [5, 5.41) is 232. The van der Waals surface area contributed by atoms with Gasteiger partial charge in [-0.1, -0.05) is 57.9 Å². The van der Waals surface area contributed by atoms with Gasteiger partial charge in [-0.3, -0.25) is 9.59 Å². The lowest BCUT2D eigenvalue weighted by Crippen LogP contribution is -2.69. The zero-order chi connectivity index (χ0) is 86.9. The highest BCUT2D eigenvalue weighted by Crippen LogP contribution is 2.75. The van der Waals surface area contributed by atoms with Crippen molar-refractivity contribution in [2.45, 2.75) is 353 Å². The first-order chi connectivity index (χ1) is 55.9. The number of carboxylic acids is 1. The smallest absolute Gasteiger partial charge is 0.335 e. The third-order valence-corrected chi connectivity index (χ3v) is 28.2. The molecule has 0 aromatic rings. The maximum Gasteiger partial charge on any atom is 0.335 e. The number of aliphatic hydroxyl groups excluding tert-OH is 20. The Morgan fingerprint density at radius 2 is 0.950 bits per heavy atom. The van der Waals surface area contributed by atoms with Crippen molar-refractivity contribution in [2.24, 2.45) is 44.3 Å². The van der Waals surface area contributed by atoms with Gasteiger partial charge in [0.15, 0.2) is 62.3 Å². The first-order valence-corrected chi connectivity index (χ1v) is 40.5. The molecule has 0 spiro atoms. The van der Waals surface area contributed by atoms with Crippen molar-refractivity contribution in [1.29, 1.82) is 0 Å². The molecule has 5 aliphatic carbocycles. The quantitative estimate of drug-likeness (QED) is 0.0288. The largest absolute Gasteiger partial charge is 0.479 e. The fourth-order valence-electron chi connectivity index (χ4n) is 21.0. The van der Waals surface area contributed by atoms with Crippen LogP contribution in [0.4, 0.5) is 0 Å². The second-order valence-electron chi connectivity index (χ2n) is 36.1. The van der Waals surface area contributed by atoms with E-state index < -0.39 is 329 Å². The van der Waals surface area contributed by atoms with E-state index in [1.807, 2.05) is 33.8 Å². The van der Waals surface area contributed by atoms with Crippen molar-refractivity contribution in [3.63, 3.8) is 0 Å². The van der Waals surface area contributed by atoms with Gasteiger partial charge in [0.1, 0.15) is 158 Å². The van der Waals surface area contributed by atoms with Crippen LogP contribution in [0.5, 0.6) is 0 Å². The van der Waals surface area contributed by atoms with Crippen LogP contribution >= 0.6 is 0 Å². The van der Waals surface area contributed by atoms with Crippen LogP contribution in [0, 0.1) is 44.3 Å². The third-order valence-electron chi connectivity index (χ3n) is 28.2. The summed E-state index contributed by atoms with van der Waals surface area (Å²) >= 11 is 0. The molecule has 119 heavy (non-hydrogen) atoms. The van der Waals surface area contributed by atoms with Gasteiger partial charge in [-0.25, -0.2) is 4.79 Å². The molecule has 21 N–H and O–H groups in total. The number of allylic oxidation sites excluding steroid dienone is 3. The first kappa shape index (κ1) is 92.8. The summed E-state index contributed by atoms with van der Waals surface area (Å²) < 4.78 is 103. The molecule has 8 heterocycles. The van der Waals surface area contributed by atoms with Crippen LogP contribution in [0.2, 0.25) is 0 Å². The zero-order valence-electron chi connectivity index (χ0n) is 67.1. The first-order valence-electron chi connectivity index (χ1n) is 40.5. The van der Waals surface area contributed by atoms with Gasteiger partial charge in [0.2, 0.25) is 6.29 Å². The topological polar surface area (TPSA) is 650 Å². The van der Waals surface area contributed by atoms with Gasteiger partial charge in [0.05, 0.1) is 62.9 Å². The number of carbonyl (C=O) groups excluding carboxylic acids is 3. The second kappa shape index (κ2) is 35.4. The number of aliphatic carboxylic acids is 1. The summed E-state index contributed by atoms with van der Waals surface area (Å²) in [6, 6.07) is 0. The van der Waals surface area contributed by atoms with Crippen molar-refractivity contribution < 1.29 is 207 Å². The average Bonchev–Trinajstić information content (AvgIpc) is 0.668. The molecule has 8 saturated heterocycles. The number of carboxylic acid groups (broad SMARTS) is 1. The Kier molecular flexibility index (Phi) is 27.6. The van der Waals surface area contributed by atoms with E-state index in [4.69, 9.17) is 80.5 Å². The Labute approximate surface area is 682 Å². The highest BCUT2D eigenvalue weighted by molar-refractivity contribution is 5.80. The molecule has 0 bridgehead atoms. The Bertz CT molecular complexity index is 3610. The molecule has 0 aromatic carbocycles. The molecule has 13 aliphatic rings. The second-order valence-corrected chi connectivity index (χ2v) is 36.1. The summed E-state index contributed by atoms with van der Waals surface area (Å²) in [5.41, 5.74) is -5.10. The molecule has 3 saturated carbocycles. The number of carbonyl (C=O) groups is 4. The van der Waals surface area contributed by atoms with E-state index in [2.05, 4.69) is 13.0 Å². The number of esters is 2. The lowest BCUT2D eigenvalue weighted by Gasteiger charge is -2.69. The minimum atomic E-state index is -2.27. The normalized spacial score (nSPS) is 53.2. The van der Waals surface area contributed by atoms with Gasteiger partial charge >= 0.3 is 17.9 Å². The SMILES string of the molecule is CC(=O)OC1C(C)OC(OC(=O)C23CCC(C)(C)CC2C2=CCC4C5(C)CCC(OC6OC(C(=O)O)C(O)C(O)C6OC6OC(CO)C(O)C(O)C6O)C(C)(C=O)C5=CCC4(C)C2(C)CC3O)C(OC2OC(C)C(OC3OCC(O)C(O)C3OC3OCC(O)C(O)C3OC3OCC(O)C(O)C3O)C(O)C2O)C1OC1OC(CO)C(O)C(O)C1O. The Morgan fingerprint density at radius 3 is 1.51 bits per heavy atom. The zero-order valence-corrected chi connectivity index (χ0v) is 67.1. The maximum atomic E-state index is 16.4. The number of aliphatic hydroxyl groups is 20. The molecule has 11 fully saturated rings. The minimum Gasteiger partial charge on any atom is -0.479 e. The van der Waals surface area contributed by atoms with Gasteiger partial charge in [-0.2, -0.15) is 0 Å². The van der Waals surface area contributed by atoms with E-state index in [-0.39, 0.29) is 38.0 Å². The van der Waals surface area contributed by atoms with Crippen molar-refractivity contribution >= 4 is 24.2 Å². The highest BCUT2D eigenvalue weighted by Gasteiger charge is 2.72. The predicted octanol–water partition coefficient (Wildman–Crippen LogP) is -8.03. The molecule has 8 aliphatic heterocycles. The van der Waals surface area contributed by atoms with Crippen LogP contribution in [0.15, 0.2) is 23.3 Å². The summed E-state index contributed by atoms with van der Waals surface area (Å²) in [4.78, 5) is 56.3. The molecular formula is C77H118O42. The number of hydrogen-bond donors (Lipinski definition) is 21. The Morgan fingerprint density at radius 1 is 0.471 bits per heavy atom. The molecule has 42 heteroatoms. The highest BCUT2D eigenvalue weighted by atomic mass is 16.8. The third kappa shape index (κ3) is 16.5. The Hall–Kier alpha value is -3.84. The fraction of sp³-hybridized carbons (Fsp3) is 0.896. The van der Waals surface area contributed by atoms with Crippen molar-refractivity contribution in [3.8, 4) is 0 Å². The molecule has 46 atom stereocenters. The standard InChI is InChI=1S/C77H118O42/c1-26-54(112-67-58(42(88)33(84)23-104-67)116-68-57(41(87)32(83)24-105-68)114-63-50(96)40(86)31(82)22-103-63)49(95)53(99)64(106-26)118-61-60(117-66-52(98)46(92)44(90)35(21-79)110-66)55(108-28(3)81)27(2)107-70(61)119-71(102)77-17-16-72(4,5)18-30(77)29-10-11-37-73(6)14-13-39(74(7,25-80)36(73)12-15-75(37,8)76(29,9)19-38(77)85)111-69-59(48(94)47(93)56(113-69)62(100)101)115-65-51(97)45(91)43(89)34(20-78)109-65/h10,12,25-27,30-35,37-61,63-70,78-79,82-99H,11,13-24H2,1-9H3,(H,100,101). The van der Waals surface area contributed by atoms with Gasteiger partial charge in [0.25, 0.3) is 0 Å². The molecular weight excluding hydrogens is 1600 g/mol. The van der Waals surface area contributed by atoms with Crippen LogP contribution in [0.1, 0.15) is 114 Å². The van der Waals surface area contributed by atoms with Crippen LogP contribution in [-0.4, -0.2) is 404 Å². The minimum absolute atomic E-state index is 0.00165. The number of ether oxygens (including phenoxy) is 17. The van der Waals surface area contributed by atoms with Gasteiger partial charge in [0, 0.05) is 6.92 Å². The summed E-state index contributed by atoms with van der Waals surface area (Å²) in [6.45, 7) is 11.9. The predicted molar refractivity (Wildman–Crippen MR) is 384 cm³/mol. The van der Waals surface area contributed by atoms with E-state index >= 15 is 4.79 Å². The Balaban J connectivity index is 0.784. The van der Waals surface area contributed by atoms with E-state index in [9.17, 15) is 122 Å². The maximum absolute atomic E-state index is 16.4. The molecule has 0 radical (unpaired) electrons. The molecule has 0 amide bonds. The lowest BCUT2D eigenvalue weighted by molar-refractivity contribution is -0.398. The van der Waals surface area contributed by atoms with E-state index in [0.717, 1.165) is 12.5 Å². The molecule has 0 aromatic heterocycles. The number of aldehydes is 1. The van der Waals surface area contributed by atoms with Gasteiger partial charge < -0.3 is 193 Å². The van der Waals surface area contributed by atoms with Crippen molar-refractivity contribution in [1.82, 2.24) is 0 Å². The molecule has 46 unspecified atom stereocenters. The summed E-state index contributed by atoms with van der Waals surface area (Å²) in [5.74, 6) is -4.86. The summed E-state index contributed by atoms with van der Waals surface area (Å²) in [6.07, 6.45) is -66.3. The summed E-state index contributed by atoms with van der Waals surface area (Å²) in [7, 11) is 0. The number of hydrogen-bond acceptors (Lipinski definition) is 41. The van der Waals surface area contributed by atoms with E-state index in [0.29, 0.717) is 31.1 Å². The van der Waals surface area contributed by atoms with Crippen LogP contribution < -0.4 is 0 Å². The number of fused-ring (bicyclic) bond motifs is 7. The molecule has 13 rings (SSSR count). The average molecular weight is 1720 g/mol. The van der Waals surface area contributed by atoms with Gasteiger partial charge in [-0.05, 0) is 106 Å². The fourth-order valence-corrected chi connectivity index (χ4v) is 21.0. The van der Waals surface area contributed by atoms with Crippen molar-refractivity contribution in [3.05, 3.63) is 23.3 Å². The van der Waals surface area contributed by atoms with Crippen LogP contribution in [0.3, 0.4) is 0 Å². The van der Waals surface area contributed by atoms with Crippen molar-refractivity contribution in [2.75, 3.05) is 33.0 Å². The number of rotatable bonds is 21. The van der Waals surface area contributed by atoms with Gasteiger partial charge in [-0.15, -0.1) is 0 Å². The van der Waals surface area contributed by atoms with Crippen LogP contribution in [0.25, 0.3) is 0 Å².